The van der Waals surface area contributed by atoms with Crippen molar-refractivity contribution >= 4 is 23.2 Å². The number of carbonyl (C=O) groups excluding carboxylic acids is 1. The van der Waals surface area contributed by atoms with E-state index in [1.54, 1.807) is 36.1 Å². The van der Waals surface area contributed by atoms with Crippen LogP contribution in [0.1, 0.15) is 12.5 Å². The summed E-state index contributed by atoms with van der Waals surface area (Å²) in [6.45, 7) is 5.92. The maximum Gasteiger partial charge on any atom is 0.263 e. The predicted octanol–water partition coefficient (Wildman–Crippen LogP) is 3.90. The molecule has 1 saturated heterocycles. The van der Waals surface area contributed by atoms with Gasteiger partial charge in [0.25, 0.3) is 5.91 Å². The Labute approximate surface area is 158 Å². The van der Waals surface area contributed by atoms with Gasteiger partial charge < -0.3 is 14.5 Å². The largest absolute Gasteiger partial charge is 0.481 e. The van der Waals surface area contributed by atoms with Crippen molar-refractivity contribution in [3.8, 4) is 5.75 Å². The molecule has 0 unspecified atom stereocenters. The summed E-state index contributed by atoms with van der Waals surface area (Å²) in [5.74, 6) is 0.325. The van der Waals surface area contributed by atoms with E-state index in [0.717, 1.165) is 5.56 Å². The molecule has 1 aliphatic rings. The van der Waals surface area contributed by atoms with Gasteiger partial charge in [0, 0.05) is 31.2 Å². The van der Waals surface area contributed by atoms with Crippen LogP contribution in [0.25, 0.3) is 0 Å². The molecule has 1 atom stereocenters. The van der Waals surface area contributed by atoms with Crippen molar-refractivity contribution in [1.29, 1.82) is 0 Å². The topological polar surface area (TPSA) is 32.8 Å². The lowest BCUT2D eigenvalue weighted by Crippen LogP contribution is -2.52. The molecule has 1 amide bonds. The second-order valence-corrected chi connectivity index (χ2v) is 6.84. The molecule has 4 nitrogen and oxygen atoms in total. The van der Waals surface area contributed by atoms with E-state index in [1.807, 2.05) is 24.0 Å². The molecular weight excluding hydrogens is 355 g/mol. The van der Waals surface area contributed by atoms with Gasteiger partial charge in [-0.3, -0.25) is 4.79 Å². The van der Waals surface area contributed by atoms with E-state index < -0.39 is 6.10 Å². The fourth-order valence-electron chi connectivity index (χ4n) is 3.08. The first kappa shape index (κ1) is 18.5. The molecule has 0 N–H and O–H groups in total. The lowest BCUT2D eigenvalue weighted by Gasteiger charge is -2.37. The molecule has 0 aromatic heterocycles. The number of hydrogen-bond donors (Lipinski definition) is 0. The van der Waals surface area contributed by atoms with Crippen molar-refractivity contribution in [2.45, 2.75) is 20.0 Å². The summed E-state index contributed by atoms with van der Waals surface area (Å²) in [5.41, 5.74) is 1.49. The predicted molar refractivity (Wildman–Crippen MR) is 101 cm³/mol. The van der Waals surface area contributed by atoms with E-state index in [1.165, 1.54) is 6.07 Å². The fraction of sp³-hybridized carbons (Fsp3) is 0.350. The number of piperazine rings is 1. The van der Waals surface area contributed by atoms with Gasteiger partial charge >= 0.3 is 0 Å². The lowest BCUT2D eigenvalue weighted by molar-refractivity contribution is -0.138. The summed E-state index contributed by atoms with van der Waals surface area (Å²) in [6.07, 6.45) is -0.587. The minimum atomic E-state index is -0.587. The van der Waals surface area contributed by atoms with E-state index in [2.05, 4.69) is 0 Å². The Morgan fingerprint density at radius 2 is 1.85 bits per heavy atom. The van der Waals surface area contributed by atoms with Crippen LogP contribution >= 0.6 is 11.6 Å². The van der Waals surface area contributed by atoms with Gasteiger partial charge in [-0.1, -0.05) is 23.7 Å². The van der Waals surface area contributed by atoms with E-state index in [0.29, 0.717) is 42.6 Å². The van der Waals surface area contributed by atoms with Crippen LogP contribution in [0.2, 0.25) is 5.02 Å². The molecule has 138 valence electrons. The maximum atomic E-state index is 13.9. The Hall–Kier alpha value is -2.27. The van der Waals surface area contributed by atoms with Crippen LogP contribution in [0.15, 0.2) is 42.5 Å². The Morgan fingerprint density at radius 3 is 2.50 bits per heavy atom. The Balaban J connectivity index is 1.57. The molecule has 1 fully saturated rings. The average Bonchev–Trinajstić information content (AvgIpc) is 2.65. The van der Waals surface area contributed by atoms with Gasteiger partial charge in [-0.2, -0.15) is 0 Å². The summed E-state index contributed by atoms with van der Waals surface area (Å²) < 4.78 is 19.7. The summed E-state index contributed by atoms with van der Waals surface area (Å²) in [4.78, 5) is 16.4. The summed E-state index contributed by atoms with van der Waals surface area (Å²) in [6, 6.07) is 12.1. The minimum absolute atomic E-state index is 0.0641. The zero-order chi connectivity index (χ0) is 18.7. The Bertz CT molecular complexity index is 791. The molecule has 2 aromatic rings. The van der Waals surface area contributed by atoms with Crippen LogP contribution in [0.3, 0.4) is 0 Å². The number of ether oxygens (including phenoxy) is 1. The molecule has 26 heavy (non-hydrogen) atoms. The van der Waals surface area contributed by atoms with Crippen LogP contribution in [-0.2, 0) is 4.79 Å². The summed E-state index contributed by atoms with van der Waals surface area (Å²) >= 11 is 6.01. The van der Waals surface area contributed by atoms with E-state index in [9.17, 15) is 9.18 Å². The van der Waals surface area contributed by atoms with Crippen LogP contribution in [0.5, 0.6) is 5.75 Å². The lowest BCUT2D eigenvalue weighted by atomic mass is 10.2. The zero-order valence-electron chi connectivity index (χ0n) is 14.9. The van der Waals surface area contributed by atoms with Gasteiger partial charge in [-0.25, -0.2) is 4.39 Å². The third-order valence-electron chi connectivity index (χ3n) is 4.57. The monoisotopic (exact) mass is 376 g/mol. The molecule has 2 aromatic carbocycles. The van der Waals surface area contributed by atoms with Crippen LogP contribution in [0, 0.1) is 12.7 Å². The number of amides is 1. The third-order valence-corrected chi connectivity index (χ3v) is 5.00. The summed E-state index contributed by atoms with van der Waals surface area (Å²) in [5, 5.41) is 0.667. The normalized spacial score (nSPS) is 15.7. The summed E-state index contributed by atoms with van der Waals surface area (Å²) in [7, 11) is 0. The highest BCUT2D eigenvalue weighted by Gasteiger charge is 2.27. The average molecular weight is 377 g/mol. The number of nitrogens with zero attached hydrogens (tertiary/aromatic N) is 2. The highest BCUT2D eigenvalue weighted by atomic mass is 35.5. The standard InChI is InChI=1S/C20H22ClFN2O2/c1-14-13-16(7-8-17(14)21)26-15(2)20(25)24-11-9-23(10-12-24)19-6-4-3-5-18(19)22/h3-8,13,15H,9-12H2,1-2H3/t15-/m1/s1. The molecule has 0 saturated carbocycles. The number of halogens is 2. The van der Waals surface area contributed by atoms with Gasteiger partial charge in [0.2, 0.25) is 0 Å². The molecular formula is C20H22ClFN2O2. The van der Waals surface area contributed by atoms with Crippen molar-refractivity contribution in [2.75, 3.05) is 31.1 Å². The number of aryl methyl sites for hydroxylation is 1. The van der Waals surface area contributed by atoms with Crippen molar-refractivity contribution in [1.82, 2.24) is 4.90 Å². The maximum absolute atomic E-state index is 13.9. The number of para-hydroxylation sites is 1. The van der Waals surface area contributed by atoms with E-state index >= 15 is 0 Å². The molecule has 1 heterocycles. The Morgan fingerprint density at radius 1 is 1.15 bits per heavy atom. The van der Waals surface area contributed by atoms with Crippen molar-refractivity contribution < 1.29 is 13.9 Å². The number of benzene rings is 2. The molecule has 1 aliphatic heterocycles. The second-order valence-electron chi connectivity index (χ2n) is 6.43. The van der Waals surface area contributed by atoms with E-state index in [4.69, 9.17) is 16.3 Å². The quantitative estimate of drug-likeness (QED) is 0.811. The van der Waals surface area contributed by atoms with Crippen molar-refractivity contribution in [2.24, 2.45) is 0 Å². The van der Waals surface area contributed by atoms with Crippen LogP contribution in [0.4, 0.5) is 10.1 Å². The second kappa shape index (κ2) is 7.96. The Kier molecular flexibility index (Phi) is 5.67. The van der Waals surface area contributed by atoms with Gasteiger partial charge in [0.05, 0.1) is 5.69 Å². The smallest absolute Gasteiger partial charge is 0.263 e. The SMILES string of the molecule is Cc1cc(O[C@H](C)C(=O)N2CCN(c3ccccc3F)CC2)ccc1Cl. The third kappa shape index (κ3) is 4.10. The fourth-order valence-corrected chi connectivity index (χ4v) is 3.20. The molecule has 0 radical (unpaired) electrons. The first-order valence-electron chi connectivity index (χ1n) is 8.67. The van der Waals surface area contributed by atoms with Crippen LogP contribution < -0.4 is 9.64 Å². The number of rotatable bonds is 4. The van der Waals surface area contributed by atoms with Gasteiger partial charge in [0.15, 0.2) is 6.10 Å². The minimum Gasteiger partial charge on any atom is -0.481 e. The van der Waals surface area contributed by atoms with Gasteiger partial charge in [0.1, 0.15) is 11.6 Å². The molecule has 6 heteroatoms. The zero-order valence-corrected chi connectivity index (χ0v) is 15.7. The number of anilines is 1. The molecule has 3 rings (SSSR count). The van der Waals surface area contributed by atoms with Gasteiger partial charge in [-0.15, -0.1) is 0 Å². The first-order valence-corrected chi connectivity index (χ1v) is 9.04. The van der Waals surface area contributed by atoms with Crippen LogP contribution in [-0.4, -0.2) is 43.1 Å². The number of hydrogen-bond acceptors (Lipinski definition) is 3. The van der Waals surface area contributed by atoms with E-state index in [-0.39, 0.29) is 11.7 Å². The van der Waals surface area contributed by atoms with Gasteiger partial charge in [-0.05, 0) is 49.7 Å². The van der Waals surface area contributed by atoms with Crippen molar-refractivity contribution in [3.63, 3.8) is 0 Å². The molecule has 0 aliphatic carbocycles. The number of carbonyl (C=O) groups is 1. The molecule has 0 spiro atoms. The first-order chi connectivity index (χ1) is 12.5. The van der Waals surface area contributed by atoms with Crippen molar-refractivity contribution in [3.05, 3.63) is 58.9 Å². The molecule has 0 bridgehead atoms. The highest BCUT2D eigenvalue weighted by Crippen LogP contribution is 2.23. The highest BCUT2D eigenvalue weighted by molar-refractivity contribution is 6.31.